The lowest BCUT2D eigenvalue weighted by atomic mass is 10.2. The minimum atomic E-state index is -0.366. The second kappa shape index (κ2) is 5.22. The number of aromatic hydroxyl groups is 1. The Morgan fingerprint density at radius 2 is 2.05 bits per heavy atom. The Morgan fingerprint density at radius 1 is 1.24 bits per heavy atom. The van der Waals surface area contributed by atoms with Crippen molar-refractivity contribution in [1.29, 1.82) is 0 Å². The highest BCUT2D eigenvalue weighted by Crippen LogP contribution is 2.27. The number of aromatic nitrogens is 1. The first-order valence-electron chi connectivity index (χ1n) is 6.35. The van der Waals surface area contributed by atoms with E-state index in [9.17, 15) is 9.50 Å². The summed E-state index contributed by atoms with van der Waals surface area (Å²) in [5, 5.41) is 11.1. The zero-order chi connectivity index (χ0) is 15.0. The van der Waals surface area contributed by atoms with E-state index in [-0.39, 0.29) is 11.7 Å². The molecule has 21 heavy (non-hydrogen) atoms. The molecule has 0 radical (unpaired) electrons. The van der Waals surface area contributed by atoms with Crippen LogP contribution in [-0.2, 0) is 0 Å². The first kappa shape index (κ1) is 13.6. The molecule has 0 aliphatic rings. The molecule has 2 N–H and O–H groups in total. The molecule has 0 fully saturated rings. The molecule has 0 unspecified atom stereocenters. The summed E-state index contributed by atoms with van der Waals surface area (Å²) in [7, 11) is 0. The molecule has 0 spiro atoms. The SMILES string of the molecule is Cc1ccc(N=Cc2c(O)[nH]c3ccc(F)cc23)cc1Cl. The molecule has 5 heteroatoms. The lowest BCUT2D eigenvalue weighted by Crippen LogP contribution is -1.81. The summed E-state index contributed by atoms with van der Waals surface area (Å²) >= 11 is 6.04. The van der Waals surface area contributed by atoms with Crippen molar-refractivity contribution in [1.82, 2.24) is 4.98 Å². The zero-order valence-corrected chi connectivity index (χ0v) is 11.9. The topological polar surface area (TPSA) is 48.4 Å². The number of aryl methyl sites for hydroxylation is 1. The molecular weight excluding hydrogens is 291 g/mol. The maximum Gasteiger partial charge on any atom is 0.198 e. The number of halogens is 2. The Balaban J connectivity index is 2.04. The predicted octanol–water partition coefficient (Wildman–Crippen LogP) is 4.73. The standard InChI is InChI=1S/C16H12ClFN2O/c1-9-2-4-11(7-14(9)17)19-8-13-12-6-10(18)3-5-15(12)20-16(13)21/h2-8,20-21H,1H3. The molecule has 1 aromatic heterocycles. The predicted molar refractivity (Wildman–Crippen MR) is 83.4 cm³/mol. The fourth-order valence-corrected chi connectivity index (χ4v) is 2.28. The number of nitrogens with zero attached hydrogens (tertiary/aromatic N) is 1. The Labute approximate surface area is 125 Å². The van der Waals surface area contributed by atoms with E-state index < -0.39 is 0 Å². The lowest BCUT2D eigenvalue weighted by Gasteiger charge is -1.99. The maximum atomic E-state index is 13.3. The highest BCUT2D eigenvalue weighted by atomic mass is 35.5. The molecule has 0 amide bonds. The summed E-state index contributed by atoms with van der Waals surface area (Å²) in [6.07, 6.45) is 1.49. The molecule has 2 aromatic carbocycles. The van der Waals surface area contributed by atoms with Gasteiger partial charge in [-0.15, -0.1) is 0 Å². The fraction of sp³-hybridized carbons (Fsp3) is 0.0625. The largest absolute Gasteiger partial charge is 0.494 e. The third-order valence-corrected chi connectivity index (χ3v) is 3.69. The van der Waals surface area contributed by atoms with Crippen molar-refractivity contribution in [2.45, 2.75) is 6.92 Å². The highest BCUT2D eigenvalue weighted by Gasteiger charge is 2.09. The monoisotopic (exact) mass is 302 g/mol. The average molecular weight is 303 g/mol. The second-order valence-corrected chi connectivity index (χ2v) is 5.18. The van der Waals surface area contributed by atoms with E-state index in [0.717, 1.165) is 5.56 Å². The van der Waals surface area contributed by atoms with Crippen molar-refractivity contribution in [3.63, 3.8) is 0 Å². The van der Waals surface area contributed by atoms with Crippen molar-refractivity contribution >= 4 is 34.4 Å². The summed E-state index contributed by atoms with van der Waals surface area (Å²) in [4.78, 5) is 7.06. The second-order valence-electron chi connectivity index (χ2n) is 4.77. The summed E-state index contributed by atoms with van der Waals surface area (Å²) in [6, 6.07) is 9.69. The normalized spacial score (nSPS) is 11.6. The molecule has 0 aliphatic carbocycles. The van der Waals surface area contributed by atoms with Gasteiger partial charge in [0.05, 0.1) is 11.3 Å². The van der Waals surface area contributed by atoms with Gasteiger partial charge in [0, 0.05) is 22.1 Å². The van der Waals surface area contributed by atoms with Crippen LogP contribution in [0, 0.1) is 12.7 Å². The first-order chi connectivity index (χ1) is 10.0. The summed E-state index contributed by atoms with van der Waals surface area (Å²) in [6.45, 7) is 1.91. The molecule has 0 saturated heterocycles. The van der Waals surface area contributed by atoms with Crippen LogP contribution in [0.25, 0.3) is 10.9 Å². The van der Waals surface area contributed by atoms with Crippen molar-refractivity contribution in [2.75, 3.05) is 0 Å². The Morgan fingerprint density at radius 3 is 2.81 bits per heavy atom. The van der Waals surface area contributed by atoms with Gasteiger partial charge < -0.3 is 10.1 Å². The van der Waals surface area contributed by atoms with Crippen LogP contribution in [0.2, 0.25) is 5.02 Å². The van der Waals surface area contributed by atoms with Crippen molar-refractivity contribution < 1.29 is 9.50 Å². The minimum Gasteiger partial charge on any atom is -0.494 e. The van der Waals surface area contributed by atoms with E-state index in [4.69, 9.17) is 11.6 Å². The number of fused-ring (bicyclic) bond motifs is 1. The van der Waals surface area contributed by atoms with Crippen LogP contribution in [0.15, 0.2) is 41.4 Å². The number of hydrogen-bond acceptors (Lipinski definition) is 2. The van der Waals surface area contributed by atoms with Gasteiger partial charge in [0.2, 0.25) is 0 Å². The molecule has 1 heterocycles. The zero-order valence-electron chi connectivity index (χ0n) is 11.2. The third kappa shape index (κ3) is 2.62. The van der Waals surface area contributed by atoms with Gasteiger partial charge in [-0.3, -0.25) is 4.99 Å². The highest BCUT2D eigenvalue weighted by molar-refractivity contribution is 6.31. The maximum absolute atomic E-state index is 13.3. The molecule has 3 aromatic rings. The van der Waals surface area contributed by atoms with Gasteiger partial charge in [0.1, 0.15) is 5.82 Å². The van der Waals surface area contributed by atoms with Crippen LogP contribution in [0.1, 0.15) is 11.1 Å². The van der Waals surface area contributed by atoms with Crippen LogP contribution in [0.4, 0.5) is 10.1 Å². The number of aromatic amines is 1. The number of nitrogens with one attached hydrogen (secondary N) is 1. The van der Waals surface area contributed by atoms with Crippen LogP contribution in [0.5, 0.6) is 5.88 Å². The van der Waals surface area contributed by atoms with Gasteiger partial charge >= 0.3 is 0 Å². The molecule has 0 aliphatic heterocycles. The number of benzene rings is 2. The number of aliphatic imine (C=N–C) groups is 1. The Bertz CT molecular complexity index is 855. The summed E-state index contributed by atoms with van der Waals surface area (Å²) < 4.78 is 13.3. The molecule has 106 valence electrons. The molecule has 3 rings (SSSR count). The first-order valence-corrected chi connectivity index (χ1v) is 6.73. The van der Waals surface area contributed by atoms with Crippen LogP contribution in [0.3, 0.4) is 0 Å². The van der Waals surface area contributed by atoms with E-state index in [1.165, 1.54) is 18.3 Å². The number of hydrogen-bond donors (Lipinski definition) is 2. The molecule has 0 saturated carbocycles. The Kier molecular flexibility index (Phi) is 3.39. The summed E-state index contributed by atoms with van der Waals surface area (Å²) in [5.74, 6) is -0.410. The van der Waals surface area contributed by atoms with Gasteiger partial charge in [-0.1, -0.05) is 17.7 Å². The van der Waals surface area contributed by atoms with Crippen molar-refractivity contribution in [3.8, 4) is 5.88 Å². The minimum absolute atomic E-state index is 0.0439. The van der Waals surface area contributed by atoms with E-state index in [0.29, 0.717) is 27.2 Å². The molecule has 3 nitrogen and oxygen atoms in total. The Hall–Kier alpha value is -2.33. The fourth-order valence-electron chi connectivity index (χ4n) is 2.10. The number of rotatable bonds is 2. The van der Waals surface area contributed by atoms with E-state index in [1.54, 1.807) is 12.1 Å². The molecular formula is C16H12ClFN2O. The average Bonchev–Trinajstić information content (AvgIpc) is 2.75. The van der Waals surface area contributed by atoms with Crippen LogP contribution < -0.4 is 0 Å². The number of H-pyrrole nitrogens is 1. The van der Waals surface area contributed by atoms with Crippen molar-refractivity contribution in [3.05, 3.63) is 58.4 Å². The van der Waals surface area contributed by atoms with Crippen LogP contribution in [-0.4, -0.2) is 16.3 Å². The lowest BCUT2D eigenvalue weighted by molar-refractivity contribution is 0.457. The van der Waals surface area contributed by atoms with E-state index in [2.05, 4.69) is 9.98 Å². The molecule has 0 bridgehead atoms. The van der Waals surface area contributed by atoms with Crippen molar-refractivity contribution in [2.24, 2.45) is 4.99 Å². The van der Waals surface area contributed by atoms with E-state index in [1.807, 2.05) is 19.1 Å². The van der Waals surface area contributed by atoms with Crippen LogP contribution >= 0.6 is 11.6 Å². The third-order valence-electron chi connectivity index (χ3n) is 3.28. The molecule has 0 atom stereocenters. The smallest absolute Gasteiger partial charge is 0.198 e. The summed E-state index contributed by atoms with van der Waals surface area (Å²) in [5.41, 5.74) is 2.72. The quantitative estimate of drug-likeness (QED) is 0.661. The van der Waals surface area contributed by atoms with Gasteiger partial charge in [0.25, 0.3) is 0 Å². The van der Waals surface area contributed by atoms with Gasteiger partial charge in [0.15, 0.2) is 5.88 Å². The van der Waals surface area contributed by atoms with E-state index >= 15 is 0 Å². The van der Waals surface area contributed by atoms with Gasteiger partial charge in [-0.05, 0) is 42.8 Å². The van der Waals surface area contributed by atoms with Gasteiger partial charge in [-0.25, -0.2) is 4.39 Å². The van der Waals surface area contributed by atoms with Gasteiger partial charge in [-0.2, -0.15) is 0 Å².